The Morgan fingerprint density at radius 3 is 1.94 bits per heavy atom. The molecule has 1 aliphatic carbocycles. The van der Waals surface area contributed by atoms with Crippen molar-refractivity contribution in [1.29, 1.82) is 0 Å². The predicted molar refractivity (Wildman–Crippen MR) is 74.9 cm³/mol. The Hall–Kier alpha value is 0.360. The predicted octanol–water partition coefficient (Wildman–Crippen LogP) is 2.54. The van der Waals surface area contributed by atoms with E-state index in [0.29, 0.717) is 5.41 Å². The Labute approximate surface area is 114 Å². The molecule has 0 bridgehead atoms. The van der Waals surface area contributed by atoms with Gasteiger partial charge in [-0.05, 0) is 32.1 Å². The van der Waals surface area contributed by atoms with Gasteiger partial charge >= 0.3 is 0 Å². The molecule has 0 atom stereocenters. The average Bonchev–Trinajstić information content (AvgIpc) is 3.10. The summed E-state index contributed by atoms with van der Waals surface area (Å²) in [6.45, 7) is 10.6. The molecule has 1 aliphatic rings. The summed E-state index contributed by atoms with van der Waals surface area (Å²) in [5.74, 6) is 0. The second-order valence-electron chi connectivity index (χ2n) is 4.80. The normalized spacial score (nSPS) is 17.6. The van der Waals surface area contributed by atoms with Crippen molar-refractivity contribution in [3.05, 3.63) is 0 Å². The lowest BCUT2D eigenvalue weighted by atomic mass is 10.1. The maximum absolute atomic E-state index is 5.44. The first-order valence-electron chi connectivity index (χ1n) is 6.70. The monoisotopic (exact) mass is 307 g/mol. The SMILES string of the molecule is CCOCCN(CCOCC)CC1(CBr)CC1. The molecule has 0 spiro atoms. The highest BCUT2D eigenvalue weighted by Gasteiger charge is 2.42. The van der Waals surface area contributed by atoms with Crippen LogP contribution in [0.3, 0.4) is 0 Å². The van der Waals surface area contributed by atoms with Crippen molar-refractivity contribution in [2.75, 3.05) is 51.4 Å². The Bertz CT molecular complexity index is 188. The van der Waals surface area contributed by atoms with Gasteiger partial charge in [-0.25, -0.2) is 0 Å². The van der Waals surface area contributed by atoms with Crippen LogP contribution >= 0.6 is 15.9 Å². The minimum Gasteiger partial charge on any atom is -0.380 e. The Morgan fingerprint density at radius 2 is 1.59 bits per heavy atom. The summed E-state index contributed by atoms with van der Waals surface area (Å²) in [7, 11) is 0. The van der Waals surface area contributed by atoms with Gasteiger partial charge in [0.05, 0.1) is 13.2 Å². The van der Waals surface area contributed by atoms with E-state index in [0.717, 1.165) is 44.8 Å². The van der Waals surface area contributed by atoms with E-state index in [2.05, 4.69) is 20.8 Å². The van der Waals surface area contributed by atoms with Crippen LogP contribution in [0.4, 0.5) is 0 Å². The quantitative estimate of drug-likeness (QED) is 0.432. The van der Waals surface area contributed by atoms with Gasteiger partial charge in [0, 0.05) is 38.2 Å². The molecule has 1 fully saturated rings. The van der Waals surface area contributed by atoms with Crippen molar-refractivity contribution in [3.8, 4) is 0 Å². The number of rotatable bonds is 11. The molecule has 102 valence electrons. The second kappa shape index (κ2) is 8.46. The van der Waals surface area contributed by atoms with Crippen molar-refractivity contribution in [2.45, 2.75) is 26.7 Å². The summed E-state index contributed by atoms with van der Waals surface area (Å²) in [5, 5.41) is 1.12. The summed E-state index contributed by atoms with van der Waals surface area (Å²) < 4.78 is 10.9. The lowest BCUT2D eigenvalue weighted by Crippen LogP contribution is -2.36. The number of hydrogen-bond acceptors (Lipinski definition) is 3. The van der Waals surface area contributed by atoms with Crippen molar-refractivity contribution >= 4 is 15.9 Å². The Morgan fingerprint density at radius 1 is 1.06 bits per heavy atom. The average molecular weight is 308 g/mol. The van der Waals surface area contributed by atoms with Crippen LogP contribution in [0.1, 0.15) is 26.7 Å². The first-order chi connectivity index (χ1) is 8.26. The molecule has 1 saturated carbocycles. The molecule has 3 nitrogen and oxygen atoms in total. The molecule has 17 heavy (non-hydrogen) atoms. The molecular weight excluding hydrogens is 282 g/mol. The van der Waals surface area contributed by atoms with E-state index in [1.165, 1.54) is 19.4 Å². The third-order valence-corrected chi connectivity index (χ3v) is 4.50. The van der Waals surface area contributed by atoms with Gasteiger partial charge in [-0.15, -0.1) is 0 Å². The van der Waals surface area contributed by atoms with Gasteiger partial charge in [0.25, 0.3) is 0 Å². The van der Waals surface area contributed by atoms with Crippen molar-refractivity contribution in [3.63, 3.8) is 0 Å². The van der Waals surface area contributed by atoms with Gasteiger partial charge in [0.1, 0.15) is 0 Å². The fraction of sp³-hybridized carbons (Fsp3) is 1.00. The summed E-state index contributed by atoms with van der Waals surface area (Å²) >= 11 is 3.64. The lowest BCUT2D eigenvalue weighted by molar-refractivity contribution is 0.0753. The number of ether oxygens (including phenoxy) is 2. The van der Waals surface area contributed by atoms with Crippen LogP contribution in [0, 0.1) is 5.41 Å². The molecule has 1 rings (SSSR count). The molecule has 0 radical (unpaired) electrons. The highest BCUT2D eigenvalue weighted by molar-refractivity contribution is 9.09. The van der Waals surface area contributed by atoms with Crippen LogP contribution in [-0.4, -0.2) is 56.3 Å². The van der Waals surface area contributed by atoms with Crippen LogP contribution in [0.25, 0.3) is 0 Å². The van der Waals surface area contributed by atoms with Gasteiger partial charge in [0.2, 0.25) is 0 Å². The number of halogens is 1. The maximum Gasteiger partial charge on any atom is 0.0593 e. The van der Waals surface area contributed by atoms with Gasteiger partial charge in [-0.2, -0.15) is 0 Å². The topological polar surface area (TPSA) is 21.7 Å². The van der Waals surface area contributed by atoms with Gasteiger partial charge in [0.15, 0.2) is 0 Å². The third kappa shape index (κ3) is 6.18. The fourth-order valence-electron chi connectivity index (χ4n) is 1.93. The minimum atomic E-state index is 0.540. The molecule has 0 amide bonds. The molecule has 0 aromatic heterocycles. The zero-order chi connectivity index (χ0) is 12.6. The van der Waals surface area contributed by atoms with E-state index in [1.807, 2.05) is 13.8 Å². The summed E-state index contributed by atoms with van der Waals surface area (Å²) in [6, 6.07) is 0. The van der Waals surface area contributed by atoms with Gasteiger partial charge < -0.3 is 9.47 Å². The van der Waals surface area contributed by atoms with E-state index >= 15 is 0 Å². The van der Waals surface area contributed by atoms with Crippen LogP contribution in [0.2, 0.25) is 0 Å². The second-order valence-corrected chi connectivity index (χ2v) is 5.36. The number of alkyl halides is 1. The molecule has 4 heteroatoms. The third-order valence-electron chi connectivity index (χ3n) is 3.31. The highest BCUT2D eigenvalue weighted by Crippen LogP contribution is 2.47. The van der Waals surface area contributed by atoms with E-state index in [4.69, 9.17) is 9.47 Å². The highest BCUT2D eigenvalue weighted by atomic mass is 79.9. The Kier molecular flexibility index (Phi) is 7.67. The van der Waals surface area contributed by atoms with Crippen LogP contribution < -0.4 is 0 Å². The molecule has 0 N–H and O–H groups in total. The summed E-state index contributed by atoms with van der Waals surface area (Å²) in [5.41, 5.74) is 0.540. The van der Waals surface area contributed by atoms with E-state index in [1.54, 1.807) is 0 Å². The number of hydrogen-bond donors (Lipinski definition) is 0. The van der Waals surface area contributed by atoms with E-state index in [-0.39, 0.29) is 0 Å². The lowest BCUT2D eigenvalue weighted by Gasteiger charge is -2.26. The van der Waals surface area contributed by atoms with E-state index in [9.17, 15) is 0 Å². The van der Waals surface area contributed by atoms with Crippen molar-refractivity contribution in [1.82, 2.24) is 4.90 Å². The minimum absolute atomic E-state index is 0.540. The van der Waals surface area contributed by atoms with Gasteiger partial charge in [-0.1, -0.05) is 15.9 Å². The van der Waals surface area contributed by atoms with Crippen LogP contribution in [0.15, 0.2) is 0 Å². The largest absolute Gasteiger partial charge is 0.380 e. The standard InChI is InChI=1S/C13H26BrNO2/c1-3-16-9-7-15(8-10-17-4-2)12-13(11-14)5-6-13/h3-12H2,1-2H3. The van der Waals surface area contributed by atoms with Crippen molar-refractivity contribution in [2.24, 2.45) is 5.41 Å². The summed E-state index contributed by atoms with van der Waals surface area (Å²) in [4.78, 5) is 2.49. The molecule has 0 aliphatic heterocycles. The molecule has 0 unspecified atom stereocenters. The molecule has 0 aromatic carbocycles. The first-order valence-corrected chi connectivity index (χ1v) is 7.82. The Balaban J connectivity index is 2.24. The molecular formula is C13H26BrNO2. The fourth-order valence-corrected chi connectivity index (χ4v) is 2.67. The van der Waals surface area contributed by atoms with Crippen LogP contribution in [-0.2, 0) is 9.47 Å². The summed E-state index contributed by atoms with van der Waals surface area (Å²) in [6.07, 6.45) is 2.72. The molecule has 0 aromatic rings. The number of nitrogens with zero attached hydrogens (tertiary/aromatic N) is 1. The first kappa shape index (κ1) is 15.4. The molecule has 0 saturated heterocycles. The zero-order valence-corrected chi connectivity index (χ0v) is 12.8. The smallest absolute Gasteiger partial charge is 0.0593 e. The molecule has 0 heterocycles. The van der Waals surface area contributed by atoms with Crippen molar-refractivity contribution < 1.29 is 9.47 Å². The zero-order valence-electron chi connectivity index (χ0n) is 11.2. The van der Waals surface area contributed by atoms with E-state index < -0.39 is 0 Å². The van der Waals surface area contributed by atoms with Crippen LogP contribution in [0.5, 0.6) is 0 Å². The van der Waals surface area contributed by atoms with Gasteiger partial charge in [-0.3, -0.25) is 4.90 Å². The maximum atomic E-state index is 5.44.